The van der Waals surface area contributed by atoms with Gasteiger partial charge in [-0.3, -0.25) is 0 Å². The minimum Gasteiger partial charge on any atom is -0.352 e. The molecule has 0 fully saturated rings. The number of aromatic nitrogens is 2. The van der Waals surface area contributed by atoms with Crippen LogP contribution in [-0.2, 0) is 0 Å². The van der Waals surface area contributed by atoms with E-state index in [9.17, 15) is 0 Å². The lowest BCUT2D eigenvalue weighted by Gasteiger charge is -2.28. The summed E-state index contributed by atoms with van der Waals surface area (Å²) in [5, 5.41) is 7.20. The summed E-state index contributed by atoms with van der Waals surface area (Å²) in [7, 11) is 0. The molecule has 2 aromatic rings. The predicted octanol–water partition coefficient (Wildman–Crippen LogP) is 6.58. The Bertz CT molecular complexity index is 669. The molecule has 1 aromatic heterocycles. The molecule has 0 aliphatic heterocycles. The molecule has 0 saturated heterocycles. The molecule has 8 heteroatoms. The Balaban J connectivity index is 2.35. The lowest BCUT2D eigenvalue weighted by atomic mass is 10.0. The van der Waals surface area contributed by atoms with Gasteiger partial charge in [-0.25, -0.2) is 4.98 Å². The zero-order valence-electron chi connectivity index (χ0n) is 14.1. The predicted molar refractivity (Wildman–Crippen MR) is 117 cm³/mol. The fourth-order valence-electron chi connectivity index (χ4n) is 2.78. The maximum Gasteiger partial charge on any atom is 0.201 e. The van der Waals surface area contributed by atoms with Gasteiger partial charge in [0.15, 0.2) is 0 Å². The molecule has 3 N–H and O–H groups in total. The van der Waals surface area contributed by atoms with Crippen LogP contribution in [0.4, 0.5) is 5.95 Å². The highest BCUT2D eigenvalue weighted by Crippen LogP contribution is 2.43. The molecule has 24 heavy (non-hydrogen) atoms. The van der Waals surface area contributed by atoms with Crippen LogP contribution in [0.25, 0.3) is 11.0 Å². The highest BCUT2D eigenvalue weighted by atomic mass is 79.9. The van der Waals surface area contributed by atoms with Crippen molar-refractivity contribution < 1.29 is 0 Å². The van der Waals surface area contributed by atoms with Crippen molar-refractivity contribution in [2.24, 2.45) is 0 Å². The van der Waals surface area contributed by atoms with Gasteiger partial charge < -0.3 is 15.6 Å². The van der Waals surface area contributed by atoms with Crippen LogP contribution in [0.5, 0.6) is 0 Å². The molecule has 2 rings (SSSR count). The number of halogens is 4. The number of benzene rings is 1. The number of aromatic amines is 1. The highest BCUT2D eigenvalue weighted by molar-refractivity contribution is 9.15. The summed E-state index contributed by atoms with van der Waals surface area (Å²) < 4.78 is 3.78. The van der Waals surface area contributed by atoms with Crippen molar-refractivity contribution in [2.45, 2.75) is 58.7 Å². The molecule has 0 bridgehead atoms. The third-order valence-electron chi connectivity index (χ3n) is 3.94. The van der Waals surface area contributed by atoms with Crippen molar-refractivity contribution in [3.05, 3.63) is 17.9 Å². The van der Waals surface area contributed by atoms with Gasteiger partial charge in [-0.05, 0) is 76.6 Å². The molecular formula is C16H22Br4N4. The van der Waals surface area contributed by atoms with E-state index in [0.717, 1.165) is 47.7 Å². The lowest BCUT2D eigenvalue weighted by molar-refractivity contribution is 0.395. The molecule has 2 atom stereocenters. The van der Waals surface area contributed by atoms with Crippen LogP contribution in [0.15, 0.2) is 17.9 Å². The minimum atomic E-state index is 0.308. The van der Waals surface area contributed by atoms with Crippen molar-refractivity contribution in [1.82, 2.24) is 15.3 Å². The summed E-state index contributed by atoms with van der Waals surface area (Å²) >= 11 is 14.4. The highest BCUT2D eigenvalue weighted by Gasteiger charge is 2.22. The first-order chi connectivity index (χ1) is 11.3. The number of hydrogen-bond acceptors (Lipinski definition) is 3. The van der Waals surface area contributed by atoms with Crippen LogP contribution < -0.4 is 10.6 Å². The van der Waals surface area contributed by atoms with Gasteiger partial charge in [0.1, 0.15) is 5.52 Å². The smallest absolute Gasteiger partial charge is 0.201 e. The average Bonchev–Trinajstić information content (AvgIpc) is 2.97. The molecule has 134 valence electrons. The Morgan fingerprint density at radius 3 is 2.04 bits per heavy atom. The average molecular weight is 590 g/mol. The van der Waals surface area contributed by atoms with Crippen LogP contribution in [-0.4, -0.2) is 28.1 Å². The van der Waals surface area contributed by atoms with Crippen LogP contribution >= 0.6 is 63.7 Å². The van der Waals surface area contributed by atoms with Crippen LogP contribution in [0.2, 0.25) is 0 Å². The number of fused-ring (bicyclic) bond motifs is 1. The van der Waals surface area contributed by atoms with Crippen molar-refractivity contribution >= 4 is 80.7 Å². The summed E-state index contributed by atoms with van der Waals surface area (Å²) in [6.07, 6.45) is 2.08. The van der Waals surface area contributed by atoms with E-state index >= 15 is 0 Å². The number of rotatable bonds is 7. The molecule has 0 saturated carbocycles. The SMILES string of the molecule is CCC(Nc1nc2c(Br)c(Br)c(Br)c(Br)c2[nH]1)C(CC)NC(C)C. The maximum atomic E-state index is 4.74. The lowest BCUT2D eigenvalue weighted by Crippen LogP contribution is -2.46. The van der Waals surface area contributed by atoms with E-state index in [2.05, 4.69) is 107 Å². The molecule has 1 aromatic carbocycles. The number of hydrogen-bond donors (Lipinski definition) is 3. The summed E-state index contributed by atoms with van der Waals surface area (Å²) in [5.41, 5.74) is 1.85. The zero-order chi connectivity index (χ0) is 18.0. The Morgan fingerprint density at radius 1 is 0.917 bits per heavy atom. The standard InChI is InChI=1S/C16H22Br4N4/c1-5-8(21-7(3)4)9(6-2)22-16-23-14-12(19)10(17)11(18)13(20)15(14)24-16/h7-9,21H,5-6H2,1-4H3,(H2,22,23,24). The third kappa shape index (κ3) is 4.37. The molecular weight excluding hydrogens is 568 g/mol. The molecule has 4 nitrogen and oxygen atoms in total. The Hall–Kier alpha value is 0.370. The summed E-state index contributed by atoms with van der Waals surface area (Å²) in [6, 6.07) is 1.16. The second-order valence-electron chi connectivity index (χ2n) is 6.06. The molecule has 0 amide bonds. The maximum absolute atomic E-state index is 4.74. The molecule has 1 heterocycles. The van der Waals surface area contributed by atoms with Gasteiger partial charge in [0.2, 0.25) is 5.95 Å². The summed E-state index contributed by atoms with van der Waals surface area (Å²) in [4.78, 5) is 8.13. The number of H-pyrrole nitrogens is 1. The van der Waals surface area contributed by atoms with Gasteiger partial charge in [-0.1, -0.05) is 27.7 Å². The van der Waals surface area contributed by atoms with Gasteiger partial charge >= 0.3 is 0 Å². The first kappa shape index (κ1) is 20.7. The van der Waals surface area contributed by atoms with Crippen LogP contribution in [0.3, 0.4) is 0 Å². The largest absolute Gasteiger partial charge is 0.352 e. The quantitative estimate of drug-likeness (QED) is 0.253. The topological polar surface area (TPSA) is 52.7 Å². The van der Waals surface area contributed by atoms with Gasteiger partial charge in [0, 0.05) is 27.1 Å². The monoisotopic (exact) mass is 586 g/mol. The first-order valence-electron chi connectivity index (χ1n) is 8.04. The van der Waals surface area contributed by atoms with E-state index in [1.54, 1.807) is 0 Å². The molecule has 2 unspecified atom stereocenters. The van der Waals surface area contributed by atoms with Crippen LogP contribution in [0.1, 0.15) is 40.5 Å². The van der Waals surface area contributed by atoms with Crippen molar-refractivity contribution in [1.29, 1.82) is 0 Å². The van der Waals surface area contributed by atoms with E-state index < -0.39 is 0 Å². The van der Waals surface area contributed by atoms with E-state index in [0.29, 0.717) is 18.1 Å². The second-order valence-corrected chi connectivity index (χ2v) is 9.23. The first-order valence-corrected chi connectivity index (χ1v) is 11.2. The fraction of sp³-hybridized carbons (Fsp3) is 0.562. The Kier molecular flexibility index (Phi) is 7.62. The minimum absolute atomic E-state index is 0.308. The summed E-state index contributed by atoms with van der Waals surface area (Å²) in [5.74, 6) is 0.784. The Labute approximate surface area is 176 Å². The summed E-state index contributed by atoms with van der Waals surface area (Å²) in [6.45, 7) is 8.77. The number of anilines is 1. The second kappa shape index (κ2) is 8.84. The number of imidazole rings is 1. The van der Waals surface area contributed by atoms with E-state index in [1.165, 1.54) is 0 Å². The Morgan fingerprint density at radius 2 is 1.50 bits per heavy atom. The van der Waals surface area contributed by atoms with Gasteiger partial charge in [0.25, 0.3) is 0 Å². The van der Waals surface area contributed by atoms with Crippen molar-refractivity contribution in [3.63, 3.8) is 0 Å². The van der Waals surface area contributed by atoms with E-state index in [1.807, 2.05) is 0 Å². The van der Waals surface area contributed by atoms with E-state index in [4.69, 9.17) is 4.98 Å². The molecule has 0 aliphatic rings. The van der Waals surface area contributed by atoms with Gasteiger partial charge in [-0.2, -0.15) is 0 Å². The van der Waals surface area contributed by atoms with E-state index in [-0.39, 0.29) is 0 Å². The normalized spacial score (nSPS) is 14.4. The molecule has 0 aliphatic carbocycles. The number of nitrogens with one attached hydrogen (secondary N) is 3. The van der Waals surface area contributed by atoms with Crippen molar-refractivity contribution in [3.8, 4) is 0 Å². The molecule has 0 spiro atoms. The zero-order valence-corrected chi connectivity index (χ0v) is 20.4. The van der Waals surface area contributed by atoms with Gasteiger partial charge in [0.05, 0.1) is 14.5 Å². The van der Waals surface area contributed by atoms with Crippen molar-refractivity contribution in [2.75, 3.05) is 5.32 Å². The van der Waals surface area contributed by atoms with Crippen LogP contribution in [0, 0.1) is 0 Å². The number of nitrogens with zero attached hydrogens (tertiary/aromatic N) is 1. The van der Waals surface area contributed by atoms with Gasteiger partial charge in [-0.15, -0.1) is 0 Å². The third-order valence-corrected chi connectivity index (χ3v) is 8.69. The fourth-order valence-corrected chi connectivity index (χ4v) is 5.06. The molecule has 0 radical (unpaired) electrons.